The highest BCUT2D eigenvalue weighted by Crippen LogP contribution is 2.03. The van der Waals surface area contributed by atoms with Gasteiger partial charge in [-0.1, -0.05) is 34.8 Å². The number of aliphatic carboxylic acids is 1. The summed E-state index contributed by atoms with van der Waals surface area (Å²) >= 11 is 14.4. The summed E-state index contributed by atoms with van der Waals surface area (Å²) in [4.78, 5) is 9.00. The van der Waals surface area contributed by atoms with Crippen molar-refractivity contribution in [1.29, 1.82) is 0 Å². The van der Waals surface area contributed by atoms with E-state index in [0.29, 0.717) is 0 Å². The average Bonchev–Trinajstić information content (AvgIpc) is 1.66. The van der Waals surface area contributed by atoms with Crippen LogP contribution < -0.4 is 6.15 Å². The first-order valence-corrected chi connectivity index (χ1v) is 3.34. The zero-order valence-corrected chi connectivity index (χ0v) is 8.49. The molecule has 0 aliphatic rings. The summed E-state index contributed by atoms with van der Waals surface area (Å²) in [7, 11) is 1.00. The number of carboxylic acid groups (broad SMARTS) is 1. The standard InChI is InChI=1S/C2H4O2.CHCl3.CH4O.H3N/c1-2(3)4;2-1(3)4;1-2;/h1H3,(H,3,4);1H;2H,1H3;1H3. The Morgan fingerprint density at radius 2 is 1.27 bits per heavy atom. The average molecular weight is 229 g/mol. The van der Waals surface area contributed by atoms with Gasteiger partial charge in [-0.05, 0) is 0 Å². The van der Waals surface area contributed by atoms with E-state index < -0.39 is 10.3 Å². The van der Waals surface area contributed by atoms with Gasteiger partial charge in [0.1, 0.15) is 0 Å². The third kappa shape index (κ3) is 10400. The zero-order valence-electron chi connectivity index (χ0n) is 6.22. The zero-order chi connectivity index (χ0) is 9.15. The number of hydrogen-bond donors (Lipinski definition) is 3. The topological polar surface area (TPSA) is 92.5 Å². The molecule has 5 N–H and O–H groups in total. The first-order valence-electron chi connectivity index (χ1n) is 2.03. The third-order valence-corrected chi connectivity index (χ3v) is 0. The molecule has 0 rings (SSSR count). The van der Waals surface area contributed by atoms with Crippen molar-refractivity contribution in [3.05, 3.63) is 0 Å². The minimum atomic E-state index is -0.833. The quantitative estimate of drug-likeness (QED) is 0.552. The lowest BCUT2D eigenvalue weighted by Crippen LogP contribution is -1.78. The van der Waals surface area contributed by atoms with Crippen LogP contribution in [0.5, 0.6) is 0 Å². The van der Waals surface area contributed by atoms with Gasteiger partial charge < -0.3 is 16.4 Å². The minimum Gasteiger partial charge on any atom is -0.481 e. The Morgan fingerprint density at radius 1 is 1.27 bits per heavy atom. The van der Waals surface area contributed by atoms with E-state index >= 15 is 0 Å². The summed E-state index contributed by atoms with van der Waals surface area (Å²) in [5.41, 5.74) is 0. The van der Waals surface area contributed by atoms with Crippen LogP contribution in [0.25, 0.3) is 0 Å². The molecule has 0 radical (unpaired) electrons. The fraction of sp³-hybridized carbons (Fsp3) is 0.750. The molecule has 7 heteroatoms. The number of carbonyl (C=O) groups is 1. The molecule has 0 amide bonds. The van der Waals surface area contributed by atoms with Crippen molar-refractivity contribution in [1.82, 2.24) is 6.15 Å². The van der Waals surface area contributed by atoms with Crippen LogP contribution in [-0.2, 0) is 4.79 Å². The maximum atomic E-state index is 9.00. The van der Waals surface area contributed by atoms with E-state index in [-0.39, 0.29) is 6.15 Å². The lowest BCUT2D eigenvalue weighted by molar-refractivity contribution is -0.134. The van der Waals surface area contributed by atoms with Gasteiger partial charge in [-0.3, -0.25) is 4.79 Å². The molecule has 72 valence electrons. The molecule has 0 unspecified atom stereocenters. The van der Waals surface area contributed by atoms with Crippen molar-refractivity contribution >= 4 is 40.8 Å². The summed E-state index contributed by atoms with van der Waals surface area (Å²) in [5, 5.41) is 14.4. The minimum absolute atomic E-state index is 0. The highest BCUT2D eigenvalue weighted by atomic mass is 35.6. The molecule has 0 aromatic rings. The van der Waals surface area contributed by atoms with E-state index in [1.165, 1.54) is 0 Å². The maximum Gasteiger partial charge on any atom is 0.300 e. The van der Waals surface area contributed by atoms with Gasteiger partial charge in [-0.2, -0.15) is 0 Å². The number of halogens is 3. The second-order valence-electron chi connectivity index (χ2n) is 0.766. The SMILES string of the molecule is CC(=O)O.CO.ClC(Cl)Cl.N. The second-order valence-corrected chi connectivity index (χ2v) is 2.75. The number of carboxylic acids is 1. The van der Waals surface area contributed by atoms with Gasteiger partial charge in [-0.25, -0.2) is 0 Å². The number of rotatable bonds is 0. The summed E-state index contributed by atoms with van der Waals surface area (Å²) < 4.78 is -0.750. The number of aliphatic hydroxyl groups is 1. The Morgan fingerprint density at radius 3 is 1.27 bits per heavy atom. The Hall–Kier alpha value is 0.260. The summed E-state index contributed by atoms with van der Waals surface area (Å²) in [6.45, 7) is 1.08. The predicted molar refractivity (Wildman–Crippen MR) is 47.8 cm³/mol. The number of aliphatic hydroxyl groups excluding tert-OH is 1. The Balaban J connectivity index is -0.0000000339. The maximum absolute atomic E-state index is 9.00. The molecule has 0 aromatic heterocycles. The van der Waals surface area contributed by atoms with Gasteiger partial charge >= 0.3 is 0 Å². The molecule has 0 aliphatic carbocycles. The molecule has 11 heavy (non-hydrogen) atoms. The van der Waals surface area contributed by atoms with Crippen LogP contribution in [0, 0.1) is 0 Å². The molecule has 0 spiro atoms. The first-order chi connectivity index (χ1) is 4.46. The van der Waals surface area contributed by atoms with E-state index in [2.05, 4.69) is 0 Å². The molecule has 0 atom stereocenters. The van der Waals surface area contributed by atoms with E-state index in [4.69, 9.17) is 49.8 Å². The van der Waals surface area contributed by atoms with E-state index in [9.17, 15) is 0 Å². The Bertz CT molecular complexity index is 64.8. The molecule has 0 fully saturated rings. The molecule has 4 nitrogen and oxygen atoms in total. The third-order valence-electron chi connectivity index (χ3n) is 0. The molecule has 0 bridgehead atoms. The largest absolute Gasteiger partial charge is 0.481 e. The fourth-order valence-corrected chi connectivity index (χ4v) is 0. The predicted octanol–water partition coefficient (Wildman–Crippen LogP) is 1.85. The van der Waals surface area contributed by atoms with Gasteiger partial charge in [0.25, 0.3) is 5.97 Å². The van der Waals surface area contributed by atoms with Crippen molar-refractivity contribution < 1.29 is 15.0 Å². The van der Waals surface area contributed by atoms with Crippen LogP contribution in [0.15, 0.2) is 0 Å². The summed E-state index contributed by atoms with van der Waals surface area (Å²) in [6.07, 6.45) is 0. The normalized spacial score (nSPS) is 6.09. The Kier molecular flexibility index (Phi) is 45.9. The van der Waals surface area contributed by atoms with E-state index in [1.54, 1.807) is 0 Å². The molecule has 0 aromatic carbocycles. The van der Waals surface area contributed by atoms with Gasteiger partial charge in [-0.15, -0.1) is 0 Å². The fourth-order valence-electron chi connectivity index (χ4n) is 0. The van der Waals surface area contributed by atoms with Crippen molar-refractivity contribution in [3.8, 4) is 0 Å². The molecular weight excluding hydrogens is 216 g/mol. The summed E-state index contributed by atoms with van der Waals surface area (Å²) in [5.74, 6) is -0.833. The Labute approximate surface area is 80.6 Å². The van der Waals surface area contributed by atoms with Crippen molar-refractivity contribution in [2.24, 2.45) is 0 Å². The molecule has 0 aliphatic heterocycles. The monoisotopic (exact) mass is 227 g/mol. The molecule has 0 saturated carbocycles. The molecular formula is C4H12Cl3NO3. The smallest absolute Gasteiger partial charge is 0.300 e. The first kappa shape index (κ1) is 22.5. The second kappa shape index (κ2) is 22.5. The lowest BCUT2D eigenvalue weighted by atomic mass is 10.9. The van der Waals surface area contributed by atoms with Crippen LogP contribution >= 0.6 is 34.8 Å². The van der Waals surface area contributed by atoms with Crippen LogP contribution in [0.4, 0.5) is 0 Å². The number of hydrogen-bond acceptors (Lipinski definition) is 3. The van der Waals surface area contributed by atoms with E-state index in [0.717, 1.165) is 14.0 Å². The van der Waals surface area contributed by atoms with Gasteiger partial charge in [0, 0.05) is 14.0 Å². The van der Waals surface area contributed by atoms with Gasteiger partial charge in [0.15, 0.2) is 4.30 Å². The van der Waals surface area contributed by atoms with Crippen LogP contribution in [-0.4, -0.2) is 27.6 Å². The lowest BCUT2D eigenvalue weighted by Gasteiger charge is -1.69. The highest BCUT2D eigenvalue weighted by molar-refractivity contribution is 6.63. The number of alkyl halides is 3. The summed E-state index contributed by atoms with van der Waals surface area (Å²) in [6, 6.07) is 0. The van der Waals surface area contributed by atoms with Gasteiger partial charge in [0.05, 0.1) is 0 Å². The van der Waals surface area contributed by atoms with Gasteiger partial charge in [0.2, 0.25) is 0 Å². The molecule has 0 saturated heterocycles. The van der Waals surface area contributed by atoms with Crippen LogP contribution in [0.3, 0.4) is 0 Å². The van der Waals surface area contributed by atoms with Crippen molar-refractivity contribution in [2.75, 3.05) is 7.11 Å². The van der Waals surface area contributed by atoms with E-state index in [1.807, 2.05) is 0 Å². The molecule has 0 heterocycles. The van der Waals surface area contributed by atoms with Crippen molar-refractivity contribution in [3.63, 3.8) is 0 Å². The van der Waals surface area contributed by atoms with Crippen LogP contribution in [0.1, 0.15) is 6.92 Å². The highest BCUT2D eigenvalue weighted by Gasteiger charge is 1.78. The van der Waals surface area contributed by atoms with Crippen LogP contribution in [0.2, 0.25) is 0 Å². The van der Waals surface area contributed by atoms with Crippen molar-refractivity contribution in [2.45, 2.75) is 11.2 Å².